The van der Waals surface area contributed by atoms with Crippen LogP contribution in [-0.2, 0) is 6.54 Å². The molecule has 1 heterocycles. The molecule has 4 heteroatoms. The molecule has 1 aromatic rings. The third kappa shape index (κ3) is 3.83. The molecule has 0 aliphatic carbocycles. The van der Waals surface area contributed by atoms with Gasteiger partial charge >= 0.3 is 0 Å². The molecule has 0 aromatic carbocycles. The lowest BCUT2D eigenvalue weighted by Gasteiger charge is -2.22. The summed E-state index contributed by atoms with van der Waals surface area (Å²) in [5.74, 6) is 0. The number of nitrogens with one attached hydrogen (secondary N) is 1. The van der Waals surface area contributed by atoms with E-state index in [0.29, 0.717) is 5.41 Å². The molecule has 0 aliphatic heterocycles. The Balaban J connectivity index is 2.21. The summed E-state index contributed by atoms with van der Waals surface area (Å²) >= 11 is 1.40. The zero-order valence-electron chi connectivity index (χ0n) is 8.50. The lowest BCUT2D eigenvalue weighted by Crippen LogP contribution is -2.28. The summed E-state index contributed by atoms with van der Waals surface area (Å²) in [6, 6.07) is 0. The van der Waals surface area contributed by atoms with Crippen molar-refractivity contribution < 1.29 is 0 Å². The molecule has 0 bridgehead atoms. The van der Waals surface area contributed by atoms with E-state index in [0.717, 1.165) is 18.8 Å². The highest BCUT2D eigenvalue weighted by Gasteiger charge is 2.13. The molecule has 0 saturated carbocycles. The number of rotatable bonds is 5. The molecule has 1 aromatic heterocycles. The first-order chi connectivity index (χ1) is 6.14. The van der Waals surface area contributed by atoms with Crippen LogP contribution in [0.3, 0.4) is 0 Å². The molecular formula is C9H17N3S. The maximum Gasteiger partial charge on any atom is 0.0893 e. The minimum atomic E-state index is 0.378. The van der Waals surface area contributed by atoms with Crippen LogP contribution in [0.4, 0.5) is 0 Å². The molecule has 1 N–H and O–H groups in total. The van der Waals surface area contributed by atoms with Crippen molar-refractivity contribution >= 4 is 11.5 Å². The molecular weight excluding hydrogens is 182 g/mol. The highest BCUT2D eigenvalue weighted by molar-refractivity contribution is 7.03. The molecule has 13 heavy (non-hydrogen) atoms. The van der Waals surface area contributed by atoms with Crippen molar-refractivity contribution in [2.75, 3.05) is 6.54 Å². The van der Waals surface area contributed by atoms with E-state index in [9.17, 15) is 0 Å². The fourth-order valence-corrected chi connectivity index (χ4v) is 1.37. The second-order valence-electron chi connectivity index (χ2n) is 4.02. The van der Waals surface area contributed by atoms with Crippen LogP contribution in [0.1, 0.15) is 32.9 Å². The zero-order chi connectivity index (χ0) is 9.73. The zero-order valence-corrected chi connectivity index (χ0v) is 9.32. The van der Waals surface area contributed by atoms with E-state index >= 15 is 0 Å². The highest BCUT2D eigenvalue weighted by Crippen LogP contribution is 2.17. The topological polar surface area (TPSA) is 37.8 Å². The lowest BCUT2D eigenvalue weighted by molar-refractivity contribution is 0.327. The number of nitrogens with zero attached hydrogens (tertiary/aromatic N) is 2. The SMILES string of the molecule is CCC(C)(C)CNCc1csnn1. The Morgan fingerprint density at radius 1 is 1.54 bits per heavy atom. The molecule has 0 atom stereocenters. The molecule has 0 aliphatic rings. The molecule has 0 unspecified atom stereocenters. The van der Waals surface area contributed by atoms with Gasteiger partial charge in [-0.1, -0.05) is 25.3 Å². The van der Waals surface area contributed by atoms with Gasteiger partial charge in [-0.25, -0.2) is 0 Å². The predicted molar refractivity (Wildman–Crippen MR) is 55.7 cm³/mol. The minimum Gasteiger partial charge on any atom is -0.311 e. The van der Waals surface area contributed by atoms with Crippen molar-refractivity contribution in [3.05, 3.63) is 11.1 Å². The van der Waals surface area contributed by atoms with Crippen LogP contribution in [0.2, 0.25) is 0 Å². The average molecular weight is 199 g/mol. The van der Waals surface area contributed by atoms with E-state index in [4.69, 9.17) is 0 Å². The molecule has 0 saturated heterocycles. The Morgan fingerprint density at radius 3 is 2.85 bits per heavy atom. The average Bonchev–Trinajstić information content (AvgIpc) is 2.57. The largest absolute Gasteiger partial charge is 0.311 e. The quantitative estimate of drug-likeness (QED) is 0.789. The van der Waals surface area contributed by atoms with Crippen LogP contribution in [-0.4, -0.2) is 16.1 Å². The molecule has 1 rings (SSSR count). The van der Waals surface area contributed by atoms with Crippen molar-refractivity contribution in [3.8, 4) is 0 Å². The summed E-state index contributed by atoms with van der Waals surface area (Å²) in [7, 11) is 0. The number of hydrogen-bond donors (Lipinski definition) is 1. The summed E-state index contributed by atoms with van der Waals surface area (Å²) in [5, 5.41) is 9.33. The van der Waals surface area contributed by atoms with E-state index in [1.165, 1.54) is 18.0 Å². The first kappa shape index (κ1) is 10.6. The van der Waals surface area contributed by atoms with Crippen LogP contribution in [0.15, 0.2) is 5.38 Å². The molecule has 0 radical (unpaired) electrons. The first-order valence-corrected chi connectivity index (χ1v) is 5.44. The maximum absolute atomic E-state index is 3.97. The van der Waals surface area contributed by atoms with Gasteiger partial charge in [0, 0.05) is 18.5 Å². The van der Waals surface area contributed by atoms with Crippen LogP contribution < -0.4 is 5.32 Å². The van der Waals surface area contributed by atoms with Crippen LogP contribution in [0.5, 0.6) is 0 Å². The Kier molecular flexibility index (Phi) is 3.81. The Hall–Kier alpha value is -0.480. The molecule has 0 fully saturated rings. The van der Waals surface area contributed by atoms with E-state index in [-0.39, 0.29) is 0 Å². The second kappa shape index (κ2) is 4.67. The van der Waals surface area contributed by atoms with E-state index < -0.39 is 0 Å². The summed E-state index contributed by atoms with van der Waals surface area (Å²) in [6.07, 6.45) is 1.19. The van der Waals surface area contributed by atoms with Crippen molar-refractivity contribution in [1.29, 1.82) is 0 Å². The van der Waals surface area contributed by atoms with Crippen molar-refractivity contribution in [3.63, 3.8) is 0 Å². The monoisotopic (exact) mass is 199 g/mol. The van der Waals surface area contributed by atoms with E-state index in [1.807, 2.05) is 5.38 Å². The fourth-order valence-electron chi connectivity index (χ4n) is 0.915. The fraction of sp³-hybridized carbons (Fsp3) is 0.778. The summed E-state index contributed by atoms with van der Waals surface area (Å²) in [5.41, 5.74) is 1.42. The number of aromatic nitrogens is 2. The van der Waals surface area contributed by atoms with Crippen molar-refractivity contribution in [2.45, 2.75) is 33.7 Å². The van der Waals surface area contributed by atoms with Crippen molar-refractivity contribution in [2.24, 2.45) is 5.41 Å². The third-order valence-electron chi connectivity index (χ3n) is 2.27. The highest BCUT2D eigenvalue weighted by atomic mass is 32.1. The minimum absolute atomic E-state index is 0.378. The predicted octanol–water partition coefficient (Wildman–Crippen LogP) is 2.06. The van der Waals surface area contributed by atoms with Gasteiger partial charge in [0.15, 0.2) is 0 Å². The van der Waals surface area contributed by atoms with Gasteiger partial charge in [-0.05, 0) is 23.4 Å². The van der Waals surface area contributed by atoms with Gasteiger partial charge in [0.2, 0.25) is 0 Å². The third-order valence-corrected chi connectivity index (χ3v) is 2.83. The van der Waals surface area contributed by atoms with Crippen LogP contribution in [0.25, 0.3) is 0 Å². The first-order valence-electron chi connectivity index (χ1n) is 4.61. The summed E-state index contributed by atoms with van der Waals surface area (Å²) in [6.45, 7) is 8.60. The lowest BCUT2D eigenvalue weighted by atomic mass is 9.90. The van der Waals surface area contributed by atoms with Crippen LogP contribution >= 0.6 is 11.5 Å². The van der Waals surface area contributed by atoms with Gasteiger partial charge in [-0.3, -0.25) is 0 Å². The van der Waals surface area contributed by atoms with Gasteiger partial charge < -0.3 is 5.32 Å². The Morgan fingerprint density at radius 2 is 2.31 bits per heavy atom. The molecule has 74 valence electrons. The molecule has 0 spiro atoms. The standard InChI is InChI=1S/C9H17N3S/c1-4-9(2,3)7-10-5-8-6-13-12-11-8/h6,10H,4-5,7H2,1-3H3. The molecule has 3 nitrogen and oxygen atoms in total. The Labute approximate surface area is 83.7 Å². The second-order valence-corrected chi connectivity index (χ2v) is 4.63. The van der Waals surface area contributed by atoms with Gasteiger partial charge in [-0.2, -0.15) is 0 Å². The van der Waals surface area contributed by atoms with E-state index in [1.54, 1.807) is 0 Å². The maximum atomic E-state index is 3.97. The van der Waals surface area contributed by atoms with Crippen molar-refractivity contribution in [1.82, 2.24) is 14.9 Å². The van der Waals surface area contributed by atoms with E-state index in [2.05, 4.69) is 35.7 Å². The normalized spacial score (nSPS) is 11.9. The number of hydrogen-bond acceptors (Lipinski definition) is 4. The van der Waals surface area contributed by atoms with Gasteiger partial charge in [0.1, 0.15) is 0 Å². The Bertz CT molecular complexity index is 231. The van der Waals surface area contributed by atoms with Gasteiger partial charge in [0.25, 0.3) is 0 Å². The summed E-state index contributed by atoms with van der Waals surface area (Å²) in [4.78, 5) is 0. The summed E-state index contributed by atoms with van der Waals surface area (Å²) < 4.78 is 3.81. The smallest absolute Gasteiger partial charge is 0.0893 e. The van der Waals surface area contributed by atoms with Gasteiger partial charge in [-0.15, -0.1) is 5.10 Å². The van der Waals surface area contributed by atoms with Gasteiger partial charge in [0.05, 0.1) is 5.69 Å². The van der Waals surface area contributed by atoms with Crippen LogP contribution in [0, 0.1) is 5.41 Å². The molecule has 0 amide bonds.